The fourth-order valence-electron chi connectivity index (χ4n) is 2.35. The summed E-state index contributed by atoms with van der Waals surface area (Å²) in [6.07, 6.45) is 2.78. The van der Waals surface area contributed by atoms with Crippen LogP contribution in [-0.4, -0.2) is 35.6 Å². The molecule has 20 heavy (non-hydrogen) atoms. The molecule has 0 aromatic rings. The minimum atomic E-state index is -0.903. The van der Waals surface area contributed by atoms with Gasteiger partial charge < -0.3 is 21.5 Å². The summed E-state index contributed by atoms with van der Waals surface area (Å²) in [5.74, 6) is -1.00. The van der Waals surface area contributed by atoms with E-state index in [0.29, 0.717) is 18.8 Å². The molecule has 1 aliphatic carbocycles. The normalized spacial score (nSPS) is 27.4. The molecule has 1 fully saturated rings. The van der Waals surface area contributed by atoms with Crippen LogP contribution in [-0.2, 0) is 9.59 Å². The van der Waals surface area contributed by atoms with E-state index in [9.17, 15) is 19.5 Å². The summed E-state index contributed by atoms with van der Waals surface area (Å²) >= 11 is 0. The molecular weight excluding hydrogens is 262 g/mol. The Morgan fingerprint density at radius 2 is 1.90 bits per heavy atom. The summed E-state index contributed by atoms with van der Waals surface area (Å²) in [5, 5.41) is 14.3. The van der Waals surface area contributed by atoms with Crippen LogP contribution in [0.15, 0.2) is 0 Å². The fraction of sp³-hybridized carbons (Fsp3) is 0.769. The van der Waals surface area contributed by atoms with Crippen molar-refractivity contribution in [2.75, 3.05) is 6.54 Å². The second-order valence-electron chi connectivity index (χ2n) is 5.72. The maximum Gasteiger partial charge on any atom is 0.315 e. The first-order chi connectivity index (χ1) is 9.27. The average Bonchev–Trinajstić information content (AvgIpc) is 2.38. The Kier molecular flexibility index (Phi) is 5.35. The van der Waals surface area contributed by atoms with Crippen LogP contribution in [0.1, 0.15) is 39.5 Å². The van der Waals surface area contributed by atoms with Gasteiger partial charge in [-0.15, -0.1) is 0 Å². The molecule has 0 aromatic heterocycles. The van der Waals surface area contributed by atoms with Crippen molar-refractivity contribution in [3.63, 3.8) is 0 Å². The number of urea groups is 1. The molecule has 0 aromatic carbocycles. The minimum Gasteiger partial charge on any atom is -0.481 e. The smallest absolute Gasteiger partial charge is 0.315 e. The van der Waals surface area contributed by atoms with Crippen molar-refractivity contribution < 1.29 is 19.5 Å². The van der Waals surface area contributed by atoms with E-state index >= 15 is 0 Å². The van der Waals surface area contributed by atoms with Crippen molar-refractivity contribution in [1.29, 1.82) is 0 Å². The lowest BCUT2D eigenvalue weighted by atomic mass is 9.71. The molecule has 1 rings (SSSR count). The van der Waals surface area contributed by atoms with Gasteiger partial charge in [-0.25, -0.2) is 4.79 Å². The Morgan fingerprint density at radius 1 is 1.35 bits per heavy atom. The minimum absolute atomic E-state index is 0.0619. The molecular formula is C13H23N3O4. The molecule has 1 unspecified atom stereocenters. The Hall–Kier alpha value is -1.79. The van der Waals surface area contributed by atoms with E-state index in [1.54, 1.807) is 0 Å². The van der Waals surface area contributed by atoms with Gasteiger partial charge in [0.25, 0.3) is 0 Å². The number of hydrogen-bond donors (Lipinski definition) is 4. The van der Waals surface area contributed by atoms with Crippen molar-refractivity contribution in [2.45, 2.75) is 45.6 Å². The molecule has 0 heterocycles. The van der Waals surface area contributed by atoms with E-state index in [4.69, 9.17) is 5.73 Å². The predicted octanol–water partition coefficient (Wildman–Crippen LogP) is 0.441. The highest BCUT2D eigenvalue weighted by Crippen LogP contribution is 2.38. The first-order valence-corrected chi connectivity index (χ1v) is 6.84. The third kappa shape index (κ3) is 4.11. The van der Waals surface area contributed by atoms with Crippen LogP contribution in [0.25, 0.3) is 0 Å². The maximum atomic E-state index is 11.6. The third-order valence-corrected chi connectivity index (χ3v) is 4.05. The number of amides is 3. The van der Waals surface area contributed by atoms with Crippen LogP contribution >= 0.6 is 0 Å². The lowest BCUT2D eigenvalue weighted by molar-refractivity contribution is -0.151. The summed E-state index contributed by atoms with van der Waals surface area (Å²) in [7, 11) is 0. The summed E-state index contributed by atoms with van der Waals surface area (Å²) < 4.78 is 0. The predicted molar refractivity (Wildman–Crippen MR) is 72.9 cm³/mol. The molecule has 0 radical (unpaired) electrons. The van der Waals surface area contributed by atoms with E-state index in [0.717, 1.165) is 12.8 Å². The van der Waals surface area contributed by atoms with Crippen molar-refractivity contribution in [3.8, 4) is 0 Å². The monoisotopic (exact) mass is 285 g/mol. The van der Waals surface area contributed by atoms with E-state index in [2.05, 4.69) is 17.6 Å². The van der Waals surface area contributed by atoms with Crippen molar-refractivity contribution >= 4 is 17.9 Å². The van der Waals surface area contributed by atoms with E-state index < -0.39 is 29.4 Å². The summed E-state index contributed by atoms with van der Waals surface area (Å²) in [5.41, 5.74) is 4.13. The Morgan fingerprint density at radius 3 is 2.35 bits per heavy atom. The maximum absolute atomic E-state index is 11.6. The molecule has 7 heteroatoms. The number of aliphatic carboxylic acids is 1. The number of carboxylic acid groups (broad SMARTS) is 1. The second-order valence-corrected chi connectivity index (χ2v) is 5.72. The van der Waals surface area contributed by atoms with E-state index in [1.165, 1.54) is 6.92 Å². The lowest BCUT2D eigenvalue weighted by Crippen LogP contribution is -2.51. The van der Waals surface area contributed by atoms with Gasteiger partial charge in [-0.1, -0.05) is 6.92 Å². The van der Waals surface area contributed by atoms with Gasteiger partial charge in [-0.05, 0) is 38.5 Å². The molecule has 5 N–H and O–H groups in total. The van der Waals surface area contributed by atoms with Gasteiger partial charge in [0.05, 0.1) is 5.41 Å². The Labute approximate surface area is 118 Å². The molecule has 0 bridgehead atoms. The molecule has 1 aliphatic rings. The molecule has 3 amide bonds. The highest BCUT2D eigenvalue weighted by atomic mass is 16.4. The number of nitrogens with two attached hydrogens (primary N) is 1. The Balaban J connectivity index is 2.54. The highest BCUT2D eigenvalue weighted by molar-refractivity contribution is 5.85. The van der Waals surface area contributed by atoms with Crippen LogP contribution in [0.4, 0.5) is 4.79 Å². The molecule has 0 saturated heterocycles. The second kappa shape index (κ2) is 6.58. The van der Waals surface area contributed by atoms with Gasteiger partial charge in [-0.3, -0.25) is 9.59 Å². The Bertz CT molecular complexity index is 389. The molecule has 0 aliphatic heterocycles. The number of hydrogen-bond acceptors (Lipinski definition) is 3. The van der Waals surface area contributed by atoms with Crippen molar-refractivity contribution in [2.24, 2.45) is 17.1 Å². The van der Waals surface area contributed by atoms with Crippen LogP contribution in [0, 0.1) is 11.3 Å². The van der Waals surface area contributed by atoms with Gasteiger partial charge in [0.15, 0.2) is 0 Å². The first kappa shape index (κ1) is 16.3. The molecule has 0 spiro atoms. The van der Waals surface area contributed by atoms with E-state index in [1.807, 2.05) is 0 Å². The summed E-state index contributed by atoms with van der Waals surface area (Å²) in [4.78, 5) is 33.9. The SMILES string of the molecule is CC1CCC(CNC(=O)NC(C)C(N)=O)(C(=O)O)CC1. The quantitative estimate of drug-likeness (QED) is 0.585. The van der Waals surface area contributed by atoms with Crippen LogP contribution in [0.2, 0.25) is 0 Å². The molecule has 114 valence electrons. The number of carboxylic acids is 1. The zero-order valence-electron chi connectivity index (χ0n) is 11.9. The first-order valence-electron chi connectivity index (χ1n) is 6.84. The largest absolute Gasteiger partial charge is 0.481 e. The number of carbonyl (C=O) groups is 3. The van der Waals surface area contributed by atoms with Crippen molar-refractivity contribution in [1.82, 2.24) is 10.6 Å². The zero-order valence-corrected chi connectivity index (χ0v) is 11.9. The topological polar surface area (TPSA) is 122 Å². The van der Waals surface area contributed by atoms with Crippen LogP contribution in [0.5, 0.6) is 0 Å². The van der Waals surface area contributed by atoms with Crippen molar-refractivity contribution in [3.05, 3.63) is 0 Å². The van der Waals surface area contributed by atoms with E-state index in [-0.39, 0.29) is 6.54 Å². The fourth-order valence-corrected chi connectivity index (χ4v) is 2.35. The number of primary amides is 1. The zero-order chi connectivity index (χ0) is 15.3. The van der Waals surface area contributed by atoms with Gasteiger partial charge in [-0.2, -0.15) is 0 Å². The van der Waals surface area contributed by atoms with Gasteiger partial charge in [0, 0.05) is 6.54 Å². The molecule has 7 nitrogen and oxygen atoms in total. The van der Waals surface area contributed by atoms with Crippen LogP contribution < -0.4 is 16.4 Å². The highest BCUT2D eigenvalue weighted by Gasteiger charge is 2.41. The summed E-state index contributed by atoms with van der Waals surface area (Å²) in [6.45, 7) is 3.63. The van der Waals surface area contributed by atoms with Crippen LogP contribution in [0.3, 0.4) is 0 Å². The van der Waals surface area contributed by atoms with Gasteiger partial charge >= 0.3 is 12.0 Å². The standard InChI is InChI=1S/C13H23N3O4/c1-8-3-5-13(6-4-8,11(18)19)7-15-12(20)16-9(2)10(14)17/h8-9H,3-7H2,1-2H3,(H2,14,17)(H,18,19)(H2,15,16,20). The molecule has 1 saturated carbocycles. The third-order valence-electron chi connectivity index (χ3n) is 4.05. The number of nitrogens with one attached hydrogen (secondary N) is 2. The number of carbonyl (C=O) groups excluding carboxylic acids is 2. The van der Waals surface area contributed by atoms with Gasteiger partial charge in [0.1, 0.15) is 6.04 Å². The average molecular weight is 285 g/mol. The summed E-state index contributed by atoms with van der Waals surface area (Å²) in [6, 6.07) is -1.36. The molecule has 1 atom stereocenters. The number of rotatable bonds is 5. The van der Waals surface area contributed by atoms with Gasteiger partial charge in [0.2, 0.25) is 5.91 Å². The lowest BCUT2D eigenvalue weighted by Gasteiger charge is -2.35.